The third-order valence-electron chi connectivity index (χ3n) is 4.25. The Balaban J connectivity index is 2.07. The Morgan fingerprint density at radius 3 is 2.67 bits per heavy atom. The van der Waals surface area contributed by atoms with E-state index in [-0.39, 0.29) is 0 Å². The van der Waals surface area contributed by atoms with Crippen LogP contribution in [0.3, 0.4) is 0 Å². The summed E-state index contributed by atoms with van der Waals surface area (Å²) >= 11 is 3.86. The summed E-state index contributed by atoms with van der Waals surface area (Å²) in [6.07, 6.45) is 7.89. The molecule has 0 aliphatic rings. The number of rotatable bonds is 10. The highest BCUT2D eigenvalue weighted by atomic mass is 32.1. The molecular weight excluding hydrogens is 294 g/mol. The fourth-order valence-corrected chi connectivity index (χ4v) is 5.10. The van der Waals surface area contributed by atoms with Crippen LogP contribution < -0.4 is 5.32 Å². The van der Waals surface area contributed by atoms with Crippen LogP contribution in [0.2, 0.25) is 0 Å². The molecule has 0 spiro atoms. The van der Waals surface area contributed by atoms with Gasteiger partial charge in [0.2, 0.25) is 0 Å². The first-order valence-corrected chi connectivity index (χ1v) is 10.2. The minimum atomic E-state index is 0.552. The molecule has 118 valence electrons. The summed E-state index contributed by atoms with van der Waals surface area (Å²) in [5.41, 5.74) is 0. The van der Waals surface area contributed by atoms with Gasteiger partial charge in [-0.05, 0) is 42.8 Å². The van der Waals surface area contributed by atoms with E-state index < -0.39 is 0 Å². The topological polar surface area (TPSA) is 12.0 Å². The van der Waals surface area contributed by atoms with E-state index in [1.807, 2.05) is 22.7 Å². The molecule has 0 saturated carbocycles. The van der Waals surface area contributed by atoms with Crippen LogP contribution in [-0.4, -0.2) is 6.54 Å². The zero-order chi connectivity index (χ0) is 15.1. The molecule has 3 heteroatoms. The molecule has 2 unspecified atom stereocenters. The minimum Gasteiger partial charge on any atom is -0.309 e. The summed E-state index contributed by atoms with van der Waals surface area (Å²) in [6.45, 7) is 8.03. The second-order valence-electron chi connectivity index (χ2n) is 5.96. The van der Waals surface area contributed by atoms with Crippen molar-refractivity contribution in [3.8, 4) is 0 Å². The highest BCUT2D eigenvalue weighted by molar-refractivity contribution is 7.26. The normalized spacial score (nSPS) is 14.6. The van der Waals surface area contributed by atoms with Gasteiger partial charge in [0.1, 0.15) is 0 Å². The lowest BCUT2D eigenvalue weighted by Crippen LogP contribution is -2.23. The molecule has 21 heavy (non-hydrogen) atoms. The van der Waals surface area contributed by atoms with E-state index in [1.165, 1.54) is 47.9 Å². The van der Waals surface area contributed by atoms with Crippen molar-refractivity contribution in [1.82, 2.24) is 5.32 Å². The van der Waals surface area contributed by atoms with E-state index >= 15 is 0 Å². The monoisotopic (exact) mass is 323 g/mol. The predicted octanol–water partition coefficient (Wildman–Crippen LogP) is 6.61. The average Bonchev–Trinajstić information content (AvgIpc) is 3.08. The van der Waals surface area contributed by atoms with E-state index in [0.29, 0.717) is 6.04 Å². The first-order valence-electron chi connectivity index (χ1n) is 8.48. The Hall–Kier alpha value is -0.380. The summed E-state index contributed by atoms with van der Waals surface area (Å²) in [6, 6.07) is 5.24. The highest BCUT2D eigenvalue weighted by Gasteiger charge is 2.18. The number of unbranched alkanes of at least 4 members (excludes halogenated alkanes) is 1. The molecule has 2 aromatic heterocycles. The lowest BCUT2D eigenvalue weighted by molar-refractivity contribution is 0.356. The quantitative estimate of drug-likeness (QED) is 0.518. The number of nitrogens with one attached hydrogen (secondary N) is 1. The minimum absolute atomic E-state index is 0.552. The van der Waals surface area contributed by atoms with E-state index in [1.54, 1.807) is 4.88 Å². The van der Waals surface area contributed by atoms with Gasteiger partial charge in [0, 0.05) is 20.3 Å². The Morgan fingerprint density at radius 2 is 2.00 bits per heavy atom. The summed E-state index contributed by atoms with van der Waals surface area (Å²) in [5, 5.41) is 6.00. The number of hydrogen-bond acceptors (Lipinski definition) is 3. The van der Waals surface area contributed by atoms with Crippen molar-refractivity contribution >= 4 is 32.1 Å². The van der Waals surface area contributed by atoms with Crippen LogP contribution in [0.1, 0.15) is 70.2 Å². The van der Waals surface area contributed by atoms with Crippen molar-refractivity contribution in [2.45, 2.75) is 65.3 Å². The molecule has 2 rings (SSSR count). The smallest absolute Gasteiger partial charge is 0.0454 e. The fraction of sp³-hybridized carbons (Fsp3) is 0.667. The van der Waals surface area contributed by atoms with Crippen LogP contribution in [-0.2, 0) is 0 Å². The van der Waals surface area contributed by atoms with Gasteiger partial charge >= 0.3 is 0 Å². The van der Waals surface area contributed by atoms with Crippen LogP contribution >= 0.6 is 22.7 Å². The second kappa shape index (κ2) is 8.92. The third kappa shape index (κ3) is 4.80. The van der Waals surface area contributed by atoms with Crippen LogP contribution in [0.4, 0.5) is 0 Å². The third-order valence-corrected chi connectivity index (χ3v) is 6.46. The zero-order valence-corrected chi connectivity index (χ0v) is 15.3. The van der Waals surface area contributed by atoms with Crippen LogP contribution in [0.25, 0.3) is 9.40 Å². The molecule has 1 nitrogen and oxygen atoms in total. The van der Waals surface area contributed by atoms with Gasteiger partial charge in [-0.15, -0.1) is 22.7 Å². The predicted molar refractivity (Wildman–Crippen MR) is 98.7 cm³/mol. The molecular formula is C18H29NS2. The van der Waals surface area contributed by atoms with Crippen molar-refractivity contribution in [2.24, 2.45) is 5.92 Å². The number of fused-ring (bicyclic) bond motifs is 1. The lowest BCUT2D eigenvalue weighted by Gasteiger charge is -2.23. The van der Waals surface area contributed by atoms with Crippen molar-refractivity contribution in [1.29, 1.82) is 0 Å². The summed E-state index contributed by atoms with van der Waals surface area (Å²) in [4.78, 5) is 1.54. The molecule has 0 fully saturated rings. The number of thiophene rings is 2. The summed E-state index contributed by atoms with van der Waals surface area (Å²) in [5.74, 6) is 0.861. The molecule has 1 N–H and O–H groups in total. The van der Waals surface area contributed by atoms with Gasteiger partial charge in [-0.25, -0.2) is 0 Å². The number of hydrogen-bond donors (Lipinski definition) is 1. The van der Waals surface area contributed by atoms with Gasteiger partial charge in [0.05, 0.1) is 0 Å². The molecule has 0 aliphatic heterocycles. The van der Waals surface area contributed by atoms with E-state index in [9.17, 15) is 0 Å². The Kier molecular flexibility index (Phi) is 7.21. The molecule has 0 aliphatic carbocycles. The molecule has 0 aromatic carbocycles. The SMILES string of the molecule is CCCCC(CC)CC(NCCC)c1cc2sccc2s1. The van der Waals surface area contributed by atoms with Gasteiger partial charge < -0.3 is 5.32 Å². The first-order chi connectivity index (χ1) is 10.3. The van der Waals surface area contributed by atoms with Crippen molar-refractivity contribution in [3.63, 3.8) is 0 Å². The molecule has 0 radical (unpaired) electrons. The molecule has 0 saturated heterocycles. The van der Waals surface area contributed by atoms with E-state index in [2.05, 4.69) is 43.6 Å². The van der Waals surface area contributed by atoms with Gasteiger partial charge in [0.25, 0.3) is 0 Å². The lowest BCUT2D eigenvalue weighted by atomic mass is 9.91. The van der Waals surface area contributed by atoms with Crippen LogP contribution in [0, 0.1) is 5.92 Å². The standard InChI is InChI=1S/C18H29NS2/c1-4-7-8-14(6-3)12-15(19-10-5-2)17-13-18-16(21-17)9-11-20-18/h9,11,13-15,19H,4-8,10,12H2,1-3H3. The first kappa shape index (κ1) is 17.0. The molecule has 0 bridgehead atoms. The maximum Gasteiger partial charge on any atom is 0.0454 e. The van der Waals surface area contributed by atoms with Gasteiger partial charge in [-0.1, -0.05) is 46.5 Å². The molecule has 2 atom stereocenters. The summed E-state index contributed by atoms with van der Waals surface area (Å²) in [7, 11) is 0. The Labute approximate surface area is 137 Å². The van der Waals surface area contributed by atoms with Crippen LogP contribution in [0.15, 0.2) is 17.5 Å². The molecule has 2 heterocycles. The average molecular weight is 324 g/mol. The van der Waals surface area contributed by atoms with Gasteiger partial charge in [-0.2, -0.15) is 0 Å². The molecule has 0 amide bonds. The largest absolute Gasteiger partial charge is 0.309 e. The van der Waals surface area contributed by atoms with Gasteiger partial charge in [0.15, 0.2) is 0 Å². The Morgan fingerprint density at radius 1 is 1.14 bits per heavy atom. The van der Waals surface area contributed by atoms with Crippen LogP contribution in [0.5, 0.6) is 0 Å². The van der Waals surface area contributed by atoms with Crippen molar-refractivity contribution < 1.29 is 0 Å². The highest BCUT2D eigenvalue weighted by Crippen LogP contribution is 2.36. The van der Waals surface area contributed by atoms with E-state index in [0.717, 1.165) is 12.5 Å². The fourth-order valence-electron chi connectivity index (χ4n) is 2.89. The zero-order valence-electron chi connectivity index (χ0n) is 13.7. The maximum absolute atomic E-state index is 3.79. The molecule has 2 aromatic rings. The second-order valence-corrected chi connectivity index (χ2v) is 8.02. The van der Waals surface area contributed by atoms with Crippen molar-refractivity contribution in [3.05, 3.63) is 22.4 Å². The van der Waals surface area contributed by atoms with E-state index in [4.69, 9.17) is 0 Å². The maximum atomic E-state index is 3.79. The Bertz CT molecular complexity index is 485. The summed E-state index contributed by atoms with van der Waals surface area (Å²) < 4.78 is 2.92. The van der Waals surface area contributed by atoms with Gasteiger partial charge in [-0.3, -0.25) is 0 Å². The van der Waals surface area contributed by atoms with Crippen molar-refractivity contribution in [2.75, 3.05) is 6.54 Å².